The van der Waals surface area contributed by atoms with E-state index < -0.39 is 0 Å². The highest BCUT2D eigenvalue weighted by Gasteiger charge is 2.26. The Labute approximate surface area is 89.6 Å². The van der Waals surface area contributed by atoms with Crippen LogP contribution in [0.15, 0.2) is 24.3 Å². The van der Waals surface area contributed by atoms with Crippen molar-refractivity contribution in [2.24, 2.45) is 11.8 Å². The molecule has 2 nitrogen and oxygen atoms in total. The minimum atomic E-state index is -0.181. The van der Waals surface area contributed by atoms with Gasteiger partial charge in [-0.2, -0.15) is 0 Å². The second kappa shape index (κ2) is 4.73. The van der Waals surface area contributed by atoms with Gasteiger partial charge >= 0.3 is 0 Å². The number of nitrogens with one attached hydrogen (secondary N) is 1. The highest BCUT2D eigenvalue weighted by Crippen LogP contribution is 2.30. The molecule has 1 aliphatic carbocycles. The van der Waals surface area contributed by atoms with Gasteiger partial charge in [0.25, 0.3) is 0 Å². The molecule has 1 aromatic rings. The molecule has 1 unspecified atom stereocenters. The molecule has 1 aromatic carbocycles. The Bertz CT molecular complexity index is 306. The van der Waals surface area contributed by atoms with Crippen molar-refractivity contribution >= 4 is 0 Å². The molecule has 0 bridgehead atoms. The zero-order valence-corrected chi connectivity index (χ0v) is 8.75. The van der Waals surface area contributed by atoms with Crippen LogP contribution in [0.3, 0.4) is 0 Å². The summed E-state index contributed by atoms with van der Waals surface area (Å²) in [7, 11) is 0. The van der Waals surface area contributed by atoms with Gasteiger partial charge in [-0.05, 0) is 42.9 Å². The average Bonchev–Trinajstić information content (AvgIpc) is 2.17. The van der Waals surface area contributed by atoms with Crippen molar-refractivity contribution in [3.05, 3.63) is 35.6 Å². The third kappa shape index (κ3) is 2.55. The minimum absolute atomic E-state index is 0.181. The second-order valence-corrected chi connectivity index (χ2v) is 4.29. The fraction of sp³-hybridized carbons (Fsp3) is 0.500. The van der Waals surface area contributed by atoms with Crippen molar-refractivity contribution in [3.63, 3.8) is 0 Å². The molecule has 0 aliphatic heterocycles. The summed E-state index contributed by atoms with van der Waals surface area (Å²) in [4.78, 5) is 0. The van der Waals surface area contributed by atoms with Crippen LogP contribution in [-0.2, 0) is 6.42 Å². The molecule has 0 radical (unpaired) electrons. The van der Waals surface area contributed by atoms with Crippen LogP contribution in [-0.4, -0.2) is 6.04 Å². The summed E-state index contributed by atoms with van der Waals surface area (Å²) in [5.74, 6) is 6.05. The minimum Gasteiger partial charge on any atom is -0.271 e. The molecule has 15 heavy (non-hydrogen) atoms. The molecule has 0 saturated heterocycles. The zero-order chi connectivity index (χ0) is 10.7. The maximum absolute atomic E-state index is 12.7. The van der Waals surface area contributed by atoms with Gasteiger partial charge in [0, 0.05) is 6.04 Å². The van der Waals surface area contributed by atoms with Gasteiger partial charge in [-0.15, -0.1) is 0 Å². The van der Waals surface area contributed by atoms with Crippen LogP contribution < -0.4 is 11.3 Å². The molecular weight excluding hydrogens is 191 g/mol. The lowest BCUT2D eigenvalue weighted by molar-refractivity contribution is 0.228. The summed E-state index contributed by atoms with van der Waals surface area (Å²) in [6, 6.07) is 7.01. The Balaban J connectivity index is 1.96. The third-order valence-electron chi connectivity index (χ3n) is 3.30. The third-order valence-corrected chi connectivity index (χ3v) is 3.30. The number of rotatable bonds is 4. The molecule has 1 atom stereocenters. The normalized spacial score (nSPS) is 18.5. The SMILES string of the molecule is NNC(Cc1ccc(F)cc1)C1CCC1. The van der Waals surface area contributed by atoms with E-state index in [1.807, 2.05) is 12.1 Å². The first-order chi connectivity index (χ1) is 7.29. The Morgan fingerprint density at radius 1 is 1.33 bits per heavy atom. The molecule has 1 fully saturated rings. The highest BCUT2D eigenvalue weighted by molar-refractivity contribution is 5.17. The number of hydrogen-bond donors (Lipinski definition) is 2. The second-order valence-electron chi connectivity index (χ2n) is 4.29. The van der Waals surface area contributed by atoms with Crippen molar-refractivity contribution in [1.29, 1.82) is 0 Å². The van der Waals surface area contributed by atoms with Crippen molar-refractivity contribution in [1.82, 2.24) is 5.43 Å². The fourth-order valence-electron chi connectivity index (χ4n) is 2.08. The van der Waals surface area contributed by atoms with E-state index in [0.717, 1.165) is 12.0 Å². The molecule has 82 valence electrons. The first kappa shape index (κ1) is 10.6. The van der Waals surface area contributed by atoms with Gasteiger partial charge in [0.15, 0.2) is 0 Å². The van der Waals surface area contributed by atoms with E-state index in [-0.39, 0.29) is 5.82 Å². The summed E-state index contributed by atoms with van der Waals surface area (Å²) < 4.78 is 12.7. The van der Waals surface area contributed by atoms with Crippen molar-refractivity contribution < 1.29 is 4.39 Å². The zero-order valence-electron chi connectivity index (χ0n) is 8.75. The predicted molar refractivity (Wildman–Crippen MR) is 58.6 cm³/mol. The van der Waals surface area contributed by atoms with E-state index in [4.69, 9.17) is 5.84 Å². The Kier molecular flexibility index (Phi) is 3.34. The van der Waals surface area contributed by atoms with E-state index in [1.54, 1.807) is 0 Å². The first-order valence-corrected chi connectivity index (χ1v) is 5.50. The van der Waals surface area contributed by atoms with Gasteiger partial charge in [-0.3, -0.25) is 11.3 Å². The highest BCUT2D eigenvalue weighted by atomic mass is 19.1. The quantitative estimate of drug-likeness (QED) is 0.586. The van der Waals surface area contributed by atoms with E-state index >= 15 is 0 Å². The predicted octanol–water partition coefficient (Wildman–Crippen LogP) is 2.00. The lowest BCUT2D eigenvalue weighted by Gasteiger charge is -2.33. The van der Waals surface area contributed by atoms with Crippen LogP contribution in [0.1, 0.15) is 24.8 Å². The number of hydrazine groups is 1. The molecule has 1 aliphatic rings. The van der Waals surface area contributed by atoms with E-state index in [1.165, 1.54) is 31.4 Å². The lowest BCUT2D eigenvalue weighted by atomic mass is 9.78. The monoisotopic (exact) mass is 208 g/mol. The largest absolute Gasteiger partial charge is 0.271 e. The van der Waals surface area contributed by atoms with Crippen LogP contribution in [0.5, 0.6) is 0 Å². The Morgan fingerprint density at radius 2 is 2.00 bits per heavy atom. The van der Waals surface area contributed by atoms with Crippen molar-refractivity contribution in [2.45, 2.75) is 31.7 Å². The summed E-state index contributed by atoms with van der Waals surface area (Å²) in [5.41, 5.74) is 4.02. The van der Waals surface area contributed by atoms with Gasteiger partial charge in [0.2, 0.25) is 0 Å². The molecule has 2 rings (SSSR count). The smallest absolute Gasteiger partial charge is 0.123 e. The molecule has 3 N–H and O–H groups in total. The maximum Gasteiger partial charge on any atom is 0.123 e. The number of halogens is 1. The molecule has 0 amide bonds. The van der Waals surface area contributed by atoms with Crippen LogP contribution in [0.25, 0.3) is 0 Å². The number of benzene rings is 1. The van der Waals surface area contributed by atoms with Crippen LogP contribution in [0, 0.1) is 11.7 Å². The van der Waals surface area contributed by atoms with Gasteiger partial charge in [-0.1, -0.05) is 18.6 Å². The lowest BCUT2D eigenvalue weighted by Crippen LogP contribution is -2.44. The molecular formula is C12H17FN2. The summed E-state index contributed by atoms with van der Waals surface area (Å²) >= 11 is 0. The molecule has 3 heteroatoms. The Hall–Kier alpha value is -0.930. The molecule has 0 heterocycles. The van der Waals surface area contributed by atoms with E-state index in [9.17, 15) is 4.39 Å². The van der Waals surface area contributed by atoms with Crippen molar-refractivity contribution in [3.8, 4) is 0 Å². The molecule has 1 saturated carbocycles. The van der Waals surface area contributed by atoms with E-state index in [2.05, 4.69) is 5.43 Å². The summed E-state index contributed by atoms with van der Waals surface area (Å²) in [5, 5.41) is 0. The van der Waals surface area contributed by atoms with Gasteiger partial charge in [-0.25, -0.2) is 4.39 Å². The van der Waals surface area contributed by atoms with Crippen molar-refractivity contribution in [2.75, 3.05) is 0 Å². The maximum atomic E-state index is 12.7. The summed E-state index contributed by atoms with van der Waals surface area (Å²) in [6.45, 7) is 0. The fourth-order valence-corrected chi connectivity index (χ4v) is 2.08. The molecule has 0 aromatic heterocycles. The Morgan fingerprint density at radius 3 is 2.47 bits per heavy atom. The first-order valence-electron chi connectivity index (χ1n) is 5.50. The van der Waals surface area contributed by atoms with E-state index in [0.29, 0.717) is 12.0 Å². The molecule has 0 spiro atoms. The van der Waals surface area contributed by atoms with Crippen LogP contribution in [0.2, 0.25) is 0 Å². The van der Waals surface area contributed by atoms with Crippen LogP contribution >= 0.6 is 0 Å². The average molecular weight is 208 g/mol. The number of hydrogen-bond acceptors (Lipinski definition) is 2. The van der Waals surface area contributed by atoms with Gasteiger partial charge < -0.3 is 0 Å². The summed E-state index contributed by atoms with van der Waals surface area (Å²) in [6.07, 6.45) is 4.72. The topological polar surface area (TPSA) is 38.0 Å². The van der Waals surface area contributed by atoms with Gasteiger partial charge in [0.1, 0.15) is 5.82 Å². The number of nitrogens with two attached hydrogens (primary N) is 1. The standard InChI is InChI=1S/C12H17FN2/c13-11-6-4-9(5-7-11)8-12(15-14)10-2-1-3-10/h4-7,10,12,15H,1-3,8,14H2. The van der Waals surface area contributed by atoms with Crippen LogP contribution in [0.4, 0.5) is 4.39 Å². The van der Waals surface area contributed by atoms with Gasteiger partial charge in [0.05, 0.1) is 0 Å².